The fourth-order valence-corrected chi connectivity index (χ4v) is 2.08. The van der Waals surface area contributed by atoms with Gasteiger partial charge in [0.25, 0.3) is 0 Å². The molecule has 1 fully saturated rings. The zero-order valence-corrected chi connectivity index (χ0v) is 10.2. The first-order valence-electron chi connectivity index (χ1n) is 5.07. The third-order valence-electron chi connectivity index (χ3n) is 2.68. The lowest BCUT2D eigenvalue weighted by atomic mass is 10.0. The average molecular weight is 269 g/mol. The molecule has 0 amide bonds. The van der Waals surface area contributed by atoms with E-state index in [9.17, 15) is 4.79 Å². The van der Waals surface area contributed by atoms with E-state index in [0.29, 0.717) is 5.56 Å². The van der Waals surface area contributed by atoms with Crippen LogP contribution in [0.4, 0.5) is 0 Å². The molecular formula is C12H13BrO2. The molecule has 1 saturated carbocycles. The molecule has 1 aliphatic carbocycles. The standard InChI is InChI=1S/C12H13BrO2/c1-15-12(14)11-5-4-10(13)7-9(11)6-8-2-3-8/h4-5,7-8H,2-3,6H2,1H3. The van der Waals surface area contributed by atoms with Gasteiger partial charge in [0.15, 0.2) is 0 Å². The van der Waals surface area contributed by atoms with Crippen molar-refractivity contribution in [3.05, 3.63) is 33.8 Å². The van der Waals surface area contributed by atoms with Crippen molar-refractivity contribution in [1.82, 2.24) is 0 Å². The number of hydrogen-bond acceptors (Lipinski definition) is 2. The molecule has 80 valence electrons. The highest BCUT2D eigenvalue weighted by atomic mass is 79.9. The first kappa shape index (κ1) is 10.7. The molecule has 0 aromatic heterocycles. The minimum atomic E-state index is -0.238. The van der Waals surface area contributed by atoms with E-state index < -0.39 is 0 Å². The number of hydrogen-bond donors (Lipinski definition) is 0. The highest BCUT2D eigenvalue weighted by Gasteiger charge is 2.24. The zero-order chi connectivity index (χ0) is 10.8. The van der Waals surface area contributed by atoms with Crippen molar-refractivity contribution in [3.63, 3.8) is 0 Å². The SMILES string of the molecule is COC(=O)c1ccc(Br)cc1CC1CC1. The van der Waals surface area contributed by atoms with E-state index in [1.54, 1.807) is 0 Å². The first-order valence-corrected chi connectivity index (χ1v) is 5.86. The van der Waals surface area contributed by atoms with Crippen LogP contribution in [0.5, 0.6) is 0 Å². The van der Waals surface area contributed by atoms with Gasteiger partial charge in [-0.15, -0.1) is 0 Å². The summed E-state index contributed by atoms with van der Waals surface area (Å²) in [4.78, 5) is 11.5. The predicted octanol–water partition coefficient (Wildman–Crippen LogP) is 3.19. The van der Waals surface area contributed by atoms with E-state index in [1.165, 1.54) is 20.0 Å². The van der Waals surface area contributed by atoms with Gasteiger partial charge < -0.3 is 4.74 Å². The minimum absolute atomic E-state index is 0.238. The molecule has 15 heavy (non-hydrogen) atoms. The monoisotopic (exact) mass is 268 g/mol. The Labute approximate surface area is 97.8 Å². The molecule has 0 aliphatic heterocycles. The lowest BCUT2D eigenvalue weighted by Gasteiger charge is -2.07. The van der Waals surface area contributed by atoms with Gasteiger partial charge in [-0.25, -0.2) is 4.79 Å². The summed E-state index contributed by atoms with van der Waals surface area (Å²) in [6, 6.07) is 5.72. The van der Waals surface area contributed by atoms with Crippen molar-refractivity contribution in [2.24, 2.45) is 5.92 Å². The number of methoxy groups -OCH3 is 1. The van der Waals surface area contributed by atoms with Gasteiger partial charge in [0.05, 0.1) is 12.7 Å². The van der Waals surface area contributed by atoms with Gasteiger partial charge in [0.1, 0.15) is 0 Å². The van der Waals surface area contributed by atoms with Crippen LogP contribution in [0, 0.1) is 5.92 Å². The van der Waals surface area contributed by atoms with Crippen LogP contribution in [-0.2, 0) is 11.2 Å². The van der Waals surface area contributed by atoms with Crippen LogP contribution in [0.25, 0.3) is 0 Å². The highest BCUT2D eigenvalue weighted by Crippen LogP contribution is 2.34. The van der Waals surface area contributed by atoms with Gasteiger partial charge in [-0.3, -0.25) is 0 Å². The number of benzene rings is 1. The Bertz CT molecular complexity index is 383. The maximum absolute atomic E-state index is 11.5. The Morgan fingerprint density at radius 3 is 2.87 bits per heavy atom. The van der Waals surface area contributed by atoms with Gasteiger partial charge in [0, 0.05) is 4.47 Å². The maximum Gasteiger partial charge on any atom is 0.338 e. The van der Waals surface area contributed by atoms with E-state index >= 15 is 0 Å². The molecule has 0 saturated heterocycles. The Balaban J connectivity index is 2.29. The summed E-state index contributed by atoms with van der Waals surface area (Å²) < 4.78 is 5.78. The topological polar surface area (TPSA) is 26.3 Å². The third kappa shape index (κ3) is 2.59. The predicted molar refractivity (Wildman–Crippen MR) is 61.9 cm³/mol. The van der Waals surface area contributed by atoms with Crippen LogP contribution in [0.15, 0.2) is 22.7 Å². The van der Waals surface area contributed by atoms with Crippen LogP contribution < -0.4 is 0 Å². The molecule has 0 spiro atoms. The number of ether oxygens (including phenoxy) is 1. The van der Waals surface area contributed by atoms with Gasteiger partial charge >= 0.3 is 5.97 Å². The van der Waals surface area contributed by atoms with E-state index in [1.807, 2.05) is 18.2 Å². The first-order chi connectivity index (χ1) is 7.20. The summed E-state index contributed by atoms with van der Waals surface area (Å²) in [7, 11) is 1.42. The molecule has 0 heterocycles. The van der Waals surface area contributed by atoms with Crippen LogP contribution in [0.1, 0.15) is 28.8 Å². The van der Waals surface area contributed by atoms with Crippen molar-refractivity contribution in [3.8, 4) is 0 Å². The molecule has 0 radical (unpaired) electrons. The number of rotatable bonds is 3. The van der Waals surface area contributed by atoms with Crippen molar-refractivity contribution < 1.29 is 9.53 Å². The van der Waals surface area contributed by atoms with Crippen molar-refractivity contribution in [2.45, 2.75) is 19.3 Å². The summed E-state index contributed by atoms with van der Waals surface area (Å²) in [6.07, 6.45) is 3.56. The van der Waals surface area contributed by atoms with Gasteiger partial charge in [-0.05, 0) is 48.9 Å². The maximum atomic E-state index is 11.5. The lowest BCUT2D eigenvalue weighted by Crippen LogP contribution is -2.06. The molecule has 2 rings (SSSR count). The number of carbonyl (C=O) groups is 1. The summed E-state index contributed by atoms with van der Waals surface area (Å²) in [5, 5.41) is 0. The van der Waals surface area contributed by atoms with Crippen LogP contribution in [-0.4, -0.2) is 13.1 Å². The molecule has 1 aliphatic rings. The summed E-state index contributed by atoms with van der Waals surface area (Å²) >= 11 is 3.43. The molecular weight excluding hydrogens is 256 g/mol. The lowest BCUT2D eigenvalue weighted by molar-refractivity contribution is 0.0599. The fraction of sp³-hybridized carbons (Fsp3) is 0.417. The quantitative estimate of drug-likeness (QED) is 0.788. The molecule has 1 aromatic carbocycles. The Kier molecular flexibility index (Phi) is 3.10. The van der Waals surface area contributed by atoms with E-state index in [0.717, 1.165) is 22.4 Å². The average Bonchev–Trinajstić information content (AvgIpc) is 3.01. The van der Waals surface area contributed by atoms with Gasteiger partial charge in [-0.1, -0.05) is 15.9 Å². The normalized spacial score (nSPS) is 15.1. The second-order valence-corrected chi connectivity index (χ2v) is 4.86. The number of carbonyl (C=O) groups excluding carboxylic acids is 1. The summed E-state index contributed by atoms with van der Waals surface area (Å²) in [5.41, 5.74) is 1.80. The summed E-state index contributed by atoms with van der Waals surface area (Å²) in [5.74, 6) is 0.529. The van der Waals surface area contributed by atoms with Crippen molar-refractivity contribution >= 4 is 21.9 Å². The van der Waals surface area contributed by atoms with Crippen molar-refractivity contribution in [2.75, 3.05) is 7.11 Å². The Morgan fingerprint density at radius 1 is 1.53 bits per heavy atom. The van der Waals surface area contributed by atoms with Crippen LogP contribution in [0.3, 0.4) is 0 Å². The molecule has 1 aromatic rings. The second-order valence-electron chi connectivity index (χ2n) is 3.94. The molecule has 2 nitrogen and oxygen atoms in total. The van der Waals surface area contributed by atoms with Gasteiger partial charge in [0.2, 0.25) is 0 Å². The molecule has 3 heteroatoms. The van der Waals surface area contributed by atoms with Crippen LogP contribution in [0.2, 0.25) is 0 Å². The highest BCUT2D eigenvalue weighted by molar-refractivity contribution is 9.10. The smallest absolute Gasteiger partial charge is 0.338 e. The van der Waals surface area contributed by atoms with Crippen LogP contribution >= 0.6 is 15.9 Å². The summed E-state index contributed by atoms with van der Waals surface area (Å²) in [6.45, 7) is 0. The van der Waals surface area contributed by atoms with E-state index in [2.05, 4.69) is 15.9 Å². The minimum Gasteiger partial charge on any atom is -0.465 e. The molecule has 0 N–H and O–H groups in total. The molecule has 0 unspecified atom stereocenters. The van der Waals surface area contributed by atoms with E-state index in [4.69, 9.17) is 4.74 Å². The molecule has 0 atom stereocenters. The number of esters is 1. The fourth-order valence-electron chi connectivity index (χ4n) is 1.67. The Hall–Kier alpha value is -0.830. The zero-order valence-electron chi connectivity index (χ0n) is 8.63. The second kappa shape index (κ2) is 4.35. The Morgan fingerprint density at radius 2 is 2.27 bits per heavy atom. The largest absolute Gasteiger partial charge is 0.465 e. The van der Waals surface area contributed by atoms with Gasteiger partial charge in [-0.2, -0.15) is 0 Å². The number of halogens is 1. The molecule has 0 bridgehead atoms. The third-order valence-corrected chi connectivity index (χ3v) is 3.17. The van der Waals surface area contributed by atoms with Crippen molar-refractivity contribution in [1.29, 1.82) is 0 Å². The van der Waals surface area contributed by atoms with E-state index in [-0.39, 0.29) is 5.97 Å².